The van der Waals surface area contributed by atoms with E-state index in [0.29, 0.717) is 17.8 Å². The van der Waals surface area contributed by atoms with E-state index in [0.717, 1.165) is 16.8 Å². The number of hydrogen-bond donors (Lipinski definition) is 3. The van der Waals surface area contributed by atoms with Crippen LogP contribution in [0.5, 0.6) is 0 Å². The molecule has 0 radical (unpaired) electrons. The van der Waals surface area contributed by atoms with Gasteiger partial charge in [-0.05, 0) is 30.2 Å². The van der Waals surface area contributed by atoms with Crippen LogP contribution >= 0.6 is 0 Å². The first-order chi connectivity index (χ1) is 10.6. The van der Waals surface area contributed by atoms with Gasteiger partial charge < -0.3 is 21.4 Å². The number of urea groups is 1. The predicted molar refractivity (Wildman–Crippen MR) is 88.2 cm³/mol. The summed E-state index contributed by atoms with van der Waals surface area (Å²) in [5.41, 5.74) is 9.82. The van der Waals surface area contributed by atoms with Crippen molar-refractivity contribution in [3.8, 4) is 0 Å². The molecule has 2 aromatic carbocycles. The van der Waals surface area contributed by atoms with Crippen molar-refractivity contribution in [1.82, 2.24) is 4.90 Å². The average molecular weight is 294 g/mol. The topological polar surface area (TPSA) is 82.2 Å². The summed E-state index contributed by atoms with van der Waals surface area (Å²) in [4.78, 5) is 14.1. The molecule has 2 aromatic rings. The molecule has 1 aliphatic heterocycles. The maximum absolute atomic E-state index is 12.4. The smallest absolute Gasteiger partial charge is 0.322 e. The molecule has 0 spiro atoms. The van der Waals surface area contributed by atoms with Crippen LogP contribution in [-0.4, -0.2) is 17.1 Å². The summed E-state index contributed by atoms with van der Waals surface area (Å²) >= 11 is 0. The fourth-order valence-corrected chi connectivity index (χ4v) is 2.72. The van der Waals surface area contributed by atoms with Crippen LogP contribution in [0.4, 0.5) is 16.2 Å². The van der Waals surface area contributed by atoms with Crippen molar-refractivity contribution in [2.45, 2.75) is 19.5 Å². The Bertz CT molecular complexity index is 727. The number of nitrogens with zero attached hydrogens (tertiary/aromatic N) is 1. The van der Waals surface area contributed by atoms with Gasteiger partial charge in [0, 0.05) is 23.2 Å². The molecule has 0 aromatic heterocycles. The number of carbonyl (C=O) groups is 1. The molecule has 5 heteroatoms. The van der Waals surface area contributed by atoms with Crippen molar-refractivity contribution >= 4 is 23.6 Å². The maximum Gasteiger partial charge on any atom is 0.322 e. The summed E-state index contributed by atoms with van der Waals surface area (Å²) in [6.45, 7) is 2.51. The van der Waals surface area contributed by atoms with Crippen molar-refractivity contribution in [2.24, 2.45) is 0 Å². The fraction of sp³-hybridized carbons (Fsp3) is 0.176. The van der Waals surface area contributed by atoms with Gasteiger partial charge >= 0.3 is 6.03 Å². The highest BCUT2D eigenvalue weighted by molar-refractivity contribution is 5.95. The molecule has 2 amide bonds. The maximum atomic E-state index is 12.4. The zero-order chi connectivity index (χ0) is 15.7. The SMILES string of the molecule is C[C@H](c1ccccc1)N1Cc2cc(C=N)c(N)cc2NC1=O. The average Bonchev–Trinajstić information content (AvgIpc) is 2.54. The molecule has 3 rings (SSSR count). The van der Waals surface area contributed by atoms with Gasteiger partial charge in [-0.3, -0.25) is 0 Å². The van der Waals surface area contributed by atoms with Gasteiger partial charge in [-0.1, -0.05) is 30.3 Å². The Morgan fingerprint density at radius 2 is 2.05 bits per heavy atom. The monoisotopic (exact) mass is 294 g/mol. The van der Waals surface area contributed by atoms with Crippen LogP contribution in [0.25, 0.3) is 0 Å². The quantitative estimate of drug-likeness (QED) is 0.599. The fourth-order valence-electron chi connectivity index (χ4n) is 2.72. The molecule has 0 bridgehead atoms. The number of amides is 2. The van der Waals surface area contributed by atoms with Crippen LogP contribution in [0.2, 0.25) is 0 Å². The van der Waals surface area contributed by atoms with E-state index in [1.165, 1.54) is 6.21 Å². The molecule has 1 heterocycles. The van der Waals surface area contributed by atoms with Gasteiger partial charge in [0.1, 0.15) is 0 Å². The van der Waals surface area contributed by atoms with Gasteiger partial charge in [0.25, 0.3) is 0 Å². The van der Waals surface area contributed by atoms with Crippen LogP contribution in [0, 0.1) is 5.41 Å². The second kappa shape index (κ2) is 5.52. The largest absolute Gasteiger partial charge is 0.398 e. The highest BCUT2D eigenvalue weighted by Gasteiger charge is 2.27. The Labute approximate surface area is 129 Å². The van der Waals surface area contributed by atoms with Crippen LogP contribution in [0.15, 0.2) is 42.5 Å². The van der Waals surface area contributed by atoms with Crippen LogP contribution in [0.1, 0.15) is 29.7 Å². The predicted octanol–water partition coefficient (Wildman–Crippen LogP) is 3.38. The van der Waals surface area contributed by atoms with Crippen molar-refractivity contribution in [3.63, 3.8) is 0 Å². The van der Waals surface area contributed by atoms with E-state index < -0.39 is 0 Å². The third-order valence-electron chi connectivity index (χ3n) is 4.06. The van der Waals surface area contributed by atoms with Crippen molar-refractivity contribution in [1.29, 1.82) is 5.41 Å². The van der Waals surface area contributed by atoms with Gasteiger partial charge in [0.15, 0.2) is 0 Å². The van der Waals surface area contributed by atoms with Gasteiger partial charge in [-0.2, -0.15) is 0 Å². The minimum absolute atomic E-state index is 0.0321. The number of benzene rings is 2. The molecule has 0 saturated heterocycles. The molecule has 0 unspecified atom stereocenters. The zero-order valence-electron chi connectivity index (χ0n) is 12.3. The molecule has 0 aliphatic carbocycles. The van der Waals surface area contributed by atoms with Gasteiger partial charge in [0.05, 0.1) is 12.6 Å². The van der Waals surface area contributed by atoms with E-state index >= 15 is 0 Å². The first kappa shape index (κ1) is 14.1. The Morgan fingerprint density at radius 1 is 1.32 bits per heavy atom. The lowest BCUT2D eigenvalue weighted by Crippen LogP contribution is -2.40. The first-order valence-corrected chi connectivity index (χ1v) is 7.15. The highest BCUT2D eigenvalue weighted by Crippen LogP contribution is 2.32. The number of nitrogen functional groups attached to an aromatic ring is 1. The lowest BCUT2D eigenvalue weighted by atomic mass is 10.0. The third kappa shape index (κ3) is 2.41. The van der Waals surface area contributed by atoms with E-state index in [4.69, 9.17) is 11.1 Å². The summed E-state index contributed by atoms with van der Waals surface area (Å²) in [5.74, 6) is 0. The Hall–Kier alpha value is -2.82. The molecule has 5 nitrogen and oxygen atoms in total. The zero-order valence-corrected chi connectivity index (χ0v) is 12.3. The van der Waals surface area contributed by atoms with E-state index in [-0.39, 0.29) is 12.1 Å². The molecule has 1 atom stereocenters. The number of carbonyl (C=O) groups excluding carboxylic acids is 1. The minimum Gasteiger partial charge on any atom is -0.398 e. The molecular formula is C17H18N4O. The number of rotatable bonds is 3. The van der Waals surface area contributed by atoms with Crippen molar-refractivity contribution in [2.75, 3.05) is 11.1 Å². The van der Waals surface area contributed by atoms with Crippen LogP contribution in [-0.2, 0) is 6.54 Å². The molecule has 22 heavy (non-hydrogen) atoms. The van der Waals surface area contributed by atoms with Crippen LogP contribution in [0.3, 0.4) is 0 Å². The minimum atomic E-state index is -0.133. The molecule has 112 valence electrons. The summed E-state index contributed by atoms with van der Waals surface area (Å²) in [7, 11) is 0. The number of hydrogen-bond acceptors (Lipinski definition) is 3. The molecule has 4 N–H and O–H groups in total. The summed E-state index contributed by atoms with van der Waals surface area (Å²) in [5, 5.41) is 10.3. The van der Waals surface area contributed by atoms with E-state index in [9.17, 15) is 4.79 Å². The summed E-state index contributed by atoms with van der Waals surface area (Å²) in [6, 6.07) is 13.3. The number of fused-ring (bicyclic) bond motifs is 1. The van der Waals surface area contributed by atoms with Gasteiger partial charge in [-0.15, -0.1) is 0 Å². The standard InChI is InChI=1S/C17H18N4O/c1-11(12-5-3-2-4-6-12)21-10-14-7-13(9-18)15(19)8-16(14)20-17(21)22/h2-9,11,18H,10,19H2,1H3,(H,20,22)/t11-/m1/s1. The van der Waals surface area contributed by atoms with E-state index in [2.05, 4.69) is 5.32 Å². The normalized spacial score (nSPS) is 15.0. The highest BCUT2D eigenvalue weighted by atomic mass is 16.2. The summed E-state index contributed by atoms with van der Waals surface area (Å²) in [6.07, 6.45) is 1.23. The lowest BCUT2D eigenvalue weighted by Gasteiger charge is -2.34. The summed E-state index contributed by atoms with van der Waals surface area (Å²) < 4.78 is 0. The Morgan fingerprint density at radius 3 is 2.73 bits per heavy atom. The molecule has 1 aliphatic rings. The Balaban J connectivity index is 1.93. The molecular weight excluding hydrogens is 276 g/mol. The number of nitrogens with one attached hydrogen (secondary N) is 2. The Kier molecular flexibility index (Phi) is 3.55. The van der Waals surface area contributed by atoms with Gasteiger partial charge in [-0.25, -0.2) is 4.79 Å². The second-order valence-corrected chi connectivity index (χ2v) is 5.43. The molecule has 0 fully saturated rings. The van der Waals surface area contributed by atoms with Crippen LogP contribution < -0.4 is 11.1 Å². The third-order valence-corrected chi connectivity index (χ3v) is 4.06. The van der Waals surface area contributed by atoms with Gasteiger partial charge in [0.2, 0.25) is 0 Å². The van der Waals surface area contributed by atoms with E-state index in [1.807, 2.05) is 43.3 Å². The van der Waals surface area contributed by atoms with Crippen molar-refractivity contribution in [3.05, 3.63) is 59.2 Å². The second-order valence-electron chi connectivity index (χ2n) is 5.43. The lowest BCUT2D eigenvalue weighted by molar-refractivity contribution is 0.186. The number of nitrogens with two attached hydrogens (primary N) is 1. The number of anilines is 2. The van der Waals surface area contributed by atoms with Crippen molar-refractivity contribution < 1.29 is 4.79 Å². The van der Waals surface area contributed by atoms with E-state index in [1.54, 1.807) is 11.0 Å². The first-order valence-electron chi connectivity index (χ1n) is 7.15. The molecule has 0 saturated carbocycles.